The molecular weight excluding hydrogens is 274 g/mol. The van der Waals surface area contributed by atoms with E-state index in [1.165, 1.54) is 11.3 Å². The molecule has 6 nitrogen and oxygen atoms in total. The van der Waals surface area contributed by atoms with Gasteiger partial charge in [-0.25, -0.2) is 13.4 Å². The fourth-order valence-corrected chi connectivity index (χ4v) is 3.92. The molecule has 18 heavy (non-hydrogen) atoms. The van der Waals surface area contributed by atoms with Crippen LogP contribution in [0.2, 0.25) is 0 Å². The number of hydrogen-bond acceptors (Lipinski definition) is 6. The number of sulfonamides is 1. The smallest absolute Gasteiger partial charge is 0.269 e. The summed E-state index contributed by atoms with van der Waals surface area (Å²) in [5.74, 6) is 0.269. The highest BCUT2D eigenvalue weighted by atomic mass is 32.2. The molecule has 0 aliphatic carbocycles. The van der Waals surface area contributed by atoms with Gasteiger partial charge in [0.2, 0.25) is 0 Å². The molecule has 2 aromatic rings. The monoisotopic (exact) mass is 287 g/mol. The summed E-state index contributed by atoms with van der Waals surface area (Å²) in [7, 11) is -3.69. The van der Waals surface area contributed by atoms with Crippen molar-refractivity contribution in [3.05, 3.63) is 22.0 Å². The lowest BCUT2D eigenvalue weighted by atomic mass is 10.4. The standard InChI is InChI=1S/C10H13N3O3S2/c1-5-8(4)17-10(11-5)13-18(14,15)9-6(2)12-16-7(9)3/h1-4H3,(H,11,13). The first-order chi connectivity index (χ1) is 8.31. The minimum Gasteiger partial charge on any atom is -0.360 e. The molecule has 0 amide bonds. The highest BCUT2D eigenvalue weighted by molar-refractivity contribution is 7.93. The van der Waals surface area contributed by atoms with E-state index in [9.17, 15) is 8.42 Å². The molecular formula is C10H13N3O3S2. The minimum atomic E-state index is -3.69. The first-order valence-electron chi connectivity index (χ1n) is 5.21. The summed E-state index contributed by atoms with van der Waals surface area (Å²) >= 11 is 1.30. The molecule has 0 aliphatic rings. The van der Waals surface area contributed by atoms with Crippen LogP contribution >= 0.6 is 11.3 Å². The van der Waals surface area contributed by atoms with Crippen LogP contribution in [0.4, 0.5) is 5.13 Å². The first-order valence-corrected chi connectivity index (χ1v) is 7.51. The molecule has 0 fully saturated rings. The lowest BCUT2D eigenvalue weighted by Gasteiger charge is -2.03. The largest absolute Gasteiger partial charge is 0.360 e. The number of thiazole rings is 1. The van der Waals surface area contributed by atoms with E-state index in [1.54, 1.807) is 13.8 Å². The van der Waals surface area contributed by atoms with Gasteiger partial charge in [0.05, 0.1) is 5.69 Å². The third-order valence-corrected chi connectivity index (χ3v) is 5.19. The summed E-state index contributed by atoms with van der Waals surface area (Å²) in [6, 6.07) is 0. The van der Waals surface area contributed by atoms with Crippen molar-refractivity contribution < 1.29 is 12.9 Å². The van der Waals surface area contributed by atoms with Gasteiger partial charge in [-0.2, -0.15) is 0 Å². The Balaban J connectivity index is 2.39. The minimum absolute atomic E-state index is 0.0769. The van der Waals surface area contributed by atoms with Crippen molar-refractivity contribution in [1.82, 2.24) is 10.1 Å². The summed E-state index contributed by atoms with van der Waals surface area (Å²) in [4.78, 5) is 5.20. The molecule has 2 aromatic heterocycles. The van der Waals surface area contributed by atoms with E-state index in [0.29, 0.717) is 10.8 Å². The van der Waals surface area contributed by atoms with Crippen molar-refractivity contribution in [1.29, 1.82) is 0 Å². The van der Waals surface area contributed by atoms with Gasteiger partial charge in [-0.15, -0.1) is 11.3 Å². The normalized spacial score (nSPS) is 11.8. The van der Waals surface area contributed by atoms with Gasteiger partial charge < -0.3 is 4.52 Å². The Morgan fingerprint density at radius 3 is 2.28 bits per heavy atom. The number of aryl methyl sites for hydroxylation is 4. The van der Waals surface area contributed by atoms with Crippen molar-refractivity contribution in [2.45, 2.75) is 32.6 Å². The third kappa shape index (κ3) is 2.25. The number of anilines is 1. The van der Waals surface area contributed by atoms with Crippen molar-refractivity contribution >= 4 is 26.5 Å². The summed E-state index contributed by atoms with van der Waals surface area (Å²) in [6.45, 7) is 6.87. The highest BCUT2D eigenvalue weighted by Gasteiger charge is 2.25. The fourth-order valence-electron chi connectivity index (χ4n) is 1.54. The second kappa shape index (κ2) is 4.36. The third-order valence-electron chi connectivity index (χ3n) is 2.49. The second-order valence-corrected chi connectivity index (χ2v) is 6.74. The van der Waals surface area contributed by atoms with Crippen molar-refractivity contribution in [2.75, 3.05) is 4.72 Å². The average Bonchev–Trinajstić information content (AvgIpc) is 2.71. The van der Waals surface area contributed by atoms with Crippen LogP contribution in [0.25, 0.3) is 0 Å². The quantitative estimate of drug-likeness (QED) is 0.935. The molecule has 0 bridgehead atoms. The number of nitrogens with zero attached hydrogens (tertiary/aromatic N) is 2. The van der Waals surface area contributed by atoms with Crippen molar-refractivity contribution in [3.63, 3.8) is 0 Å². The summed E-state index contributed by atoms with van der Waals surface area (Å²) in [6.07, 6.45) is 0. The number of rotatable bonds is 3. The number of aromatic nitrogens is 2. The molecule has 0 radical (unpaired) electrons. The average molecular weight is 287 g/mol. The van der Waals surface area contributed by atoms with Gasteiger partial charge in [0, 0.05) is 4.88 Å². The van der Waals surface area contributed by atoms with Crippen LogP contribution in [0.15, 0.2) is 9.42 Å². The fraction of sp³-hybridized carbons (Fsp3) is 0.400. The van der Waals surface area contributed by atoms with Crippen LogP contribution in [0, 0.1) is 27.7 Å². The van der Waals surface area contributed by atoms with Gasteiger partial charge in [0.1, 0.15) is 5.69 Å². The van der Waals surface area contributed by atoms with Crippen LogP contribution in [0.3, 0.4) is 0 Å². The zero-order chi connectivity index (χ0) is 13.5. The molecule has 0 spiro atoms. The van der Waals surface area contributed by atoms with E-state index in [2.05, 4.69) is 14.9 Å². The molecule has 0 atom stereocenters. The van der Waals surface area contributed by atoms with Gasteiger partial charge in [-0.3, -0.25) is 4.72 Å². The first kappa shape index (κ1) is 13.0. The van der Waals surface area contributed by atoms with Gasteiger partial charge in [-0.05, 0) is 27.7 Å². The lowest BCUT2D eigenvalue weighted by molar-refractivity contribution is 0.390. The lowest BCUT2D eigenvalue weighted by Crippen LogP contribution is -2.14. The Hall–Kier alpha value is -1.41. The predicted octanol–water partition coefficient (Wildman–Crippen LogP) is 2.17. The topological polar surface area (TPSA) is 85.1 Å². The Morgan fingerprint density at radius 1 is 1.17 bits per heavy atom. The van der Waals surface area contributed by atoms with Gasteiger partial charge in [0.25, 0.3) is 10.0 Å². The molecule has 0 saturated heterocycles. The maximum Gasteiger partial charge on any atom is 0.269 e. The van der Waals surface area contributed by atoms with Crippen LogP contribution in [-0.2, 0) is 10.0 Å². The Labute approximate surface area is 109 Å². The van der Waals surface area contributed by atoms with Crippen LogP contribution in [-0.4, -0.2) is 18.6 Å². The molecule has 2 rings (SSSR count). The highest BCUT2D eigenvalue weighted by Crippen LogP contribution is 2.26. The van der Waals surface area contributed by atoms with E-state index in [1.807, 2.05) is 13.8 Å². The van der Waals surface area contributed by atoms with Crippen LogP contribution in [0.5, 0.6) is 0 Å². The zero-order valence-corrected chi connectivity index (χ0v) is 12.1. The van der Waals surface area contributed by atoms with Gasteiger partial charge in [0.15, 0.2) is 15.8 Å². The molecule has 2 heterocycles. The number of hydrogen-bond donors (Lipinski definition) is 1. The molecule has 0 aliphatic heterocycles. The van der Waals surface area contributed by atoms with Gasteiger partial charge >= 0.3 is 0 Å². The molecule has 0 saturated carbocycles. The zero-order valence-electron chi connectivity index (χ0n) is 10.4. The van der Waals surface area contributed by atoms with Crippen LogP contribution < -0.4 is 4.72 Å². The summed E-state index contributed by atoms with van der Waals surface area (Å²) < 4.78 is 31.7. The molecule has 8 heteroatoms. The maximum absolute atomic E-state index is 12.2. The molecule has 1 N–H and O–H groups in total. The molecule has 0 unspecified atom stereocenters. The van der Waals surface area contributed by atoms with Gasteiger partial charge in [-0.1, -0.05) is 5.16 Å². The predicted molar refractivity (Wildman–Crippen MR) is 68.4 cm³/mol. The van der Waals surface area contributed by atoms with Crippen molar-refractivity contribution in [3.8, 4) is 0 Å². The van der Waals surface area contributed by atoms with E-state index < -0.39 is 10.0 Å². The second-order valence-electron chi connectivity index (χ2n) is 3.92. The maximum atomic E-state index is 12.2. The Kier molecular flexibility index (Phi) is 3.16. The SMILES string of the molecule is Cc1nc(NS(=O)(=O)c2c(C)noc2C)sc1C. The van der Waals surface area contributed by atoms with E-state index in [0.717, 1.165) is 10.6 Å². The van der Waals surface area contributed by atoms with E-state index >= 15 is 0 Å². The molecule has 0 aromatic carbocycles. The Morgan fingerprint density at radius 2 is 1.83 bits per heavy atom. The number of nitrogens with one attached hydrogen (secondary N) is 1. The summed E-state index contributed by atoms with van der Waals surface area (Å²) in [5, 5.41) is 3.99. The van der Waals surface area contributed by atoms with E-state index in [-0.39, 0.29) is 10.7 Å². The Bertz CT molecular complexity index is 646. The molecule has 98 valence electrons. The summed E-state index contributed by atoms with van der Waals surface area (Å²) in [5.41, 5.74) is 1.15. The van der Waals surface area contributed by atoms with Crippen molar-refractivity contribution in [2.24, 2.45) is 0 Å². The van der Waals surface area contributed by atoms with E-state index in [4.69, 9.17) is 4.52 Å². The van der Waals surface area contributed by atoms with Crippen LogP contribution in [0.1, 0.15) is 22.0 Å².